The number of hydrogen-bond donors (Lipinski definition) is 1. The summed E-state index contributed by atoms with van der Waals surface area (Å²) in [7, 11) is 1.82. The quantitative estimate of drug-likeness (QED) is 0.806. The standard InChI is InChI=1S/C16H14F2N4O/c1-21-4-5-22-15(21)13(9-19-22)14(23)20-16(2-3-16)10-6-11(17)8-12(18)7-10/h4-9H,2-3H2,1H3,(H,20,23). The number of carbonyl (C=O) groups is 1. The summed E-state index contributed by atoms with van der Waals surface area (Å²) in [6.07, 6.45) is 6.35. The first-order valence-electron chi connectivity index (χ1n) is 7.26. The van der Waals surface area contributed by atoms with E-state index in [1.165, 1.54) is 18.3 Å². The highest BCUT2D eigenvalue weighted by atomic mass is 19.1. The normalized spacial score (nSPS) is 15.8. The summed E-state index contributed by atoms with van der Waals surface area (Å²) in [4.78, 5) is 12.6. The Morgan fingerprint density at radius 2 is 1.91 bits per heavy atom. The van der Waals surface area contributed by atoms with Crippen LogP contribution in [-0.2, 0) is 12.6 Å². The Kier molecular flexibility index (Phi) is 2.81. The summed E-state index contributed by atoms with van der Waals surface area (Å²) in [5.74, 6) is -1.59. The van der Waals surface area contributed by atoms with Gasteiger partial charge in [-0.2, -0.15) is 5.10 Å². The molecule has 1 aromatic carbocycles. The molecule has 1 aliphatic rings. The number of hydrogen-bond acceptors (Lipinski definition) is 2. The highest BCUT2D eigenvalue weighted by Gasteiger charge is 2.46. The maximum Gasteiger partial charge on any atom is 0.257 e. The Morgan fingerprint density at radius 1 is 1.22 bits per heavy atom. The number of halogens is 2. The van der Waals surface area contributed by atoms with E-state index in [9.17, 15) is 13.6 Å². The van der Waals surface area contributed by atoms with Gasteiger partial charge in [0.2, 0.25) is 0 Å². The van der Waals surface area contributed by atoms with Gasteiger partial charge >= 0.3 is 0 Å². The lowest BCUT2D eigenvalue weighted by Gasteiger charge is -2.18. The zero-order valence-corrected chi connectivity index (χ0v) is 12.4. The molecule has 2 heterocycles. The van der Waals surface area contributed by atoms with Gasteiger partial charge in [-0.05, 0) is 30.5 Å². The van der Waals surface area contributed by atoms with Crippen LogP contribution in [0.5, 0.6) is 0 Å². The molecule has 0 bridgehead atoms. The van der Waals surface area contributed by atoms with Crippen molar-refractivity contribution in [2.75, 3.05) is 0 Å². The van der Waals surface area contributed by atoms with Crippen LogP contribution in [0, 0.1) is 11.6 Å². The van der Waals surface area contributed by atoms with E-state index < -0.39 is 17.2 Å². The maximum atomic E-state index is 13.4. The molecular weight excluding hydrogens is 302 g/mol. The molecule has 118 valence electrons. The van der Waals surface area contributed by atoms with Crippen LogP contribution in [-0.4, -0.2) is 20.1 Å². The molecular formula is C16H14F2N4O. The summed E-state index contributed by atoms with van der Waals surface area (Å²) in [6, 6.07) is 3.37. The molecule has 7 heteroatoms. The van der Waals surface area contributed by atoms with Gasteiger partial charge in [0.25, 0.3) is 5.91 Å². The van der Waals surface area contributed by atoms with Gasteiger partial charge in [-0.15, -0.1) is 0 Å². The molecule has 0 spiro atoms. The van der Waals surface area contributed by atoms with Gasteiger partial charge in [-0.1, -0.05) is 0 Å². The molecule has 5 nitrogen and oxygen atoms in total. The predicted molar refractivity (Wildman–Crippen MR) is 78.9 cm³/mol. The van der Waals surface area contributed by atoms with E-state index in [1.54, 1.807) is 21.5 Å². The first-order valence-corrected chi connectivity index (χ1v) is 7.26. The number of aromatic nitrogens is 3. The van der Waals surface area contributed by atoms with Crippen molar-refractivity contribution in [3.8, 4) is 0 Å². The number of nitrogens with zero attached hydrogens (tertiary/aromatic N) is 3. The van der Waals surface area contributed by atoms with Gasteiger partial charge in [-0.25, -0.2) is 13.3 Å². The molecule has 1 saturated carbocycles. The van der Waals surface area contributed by atoms with Crippen LogP contribution < -0.4 is 5.32 Å². The fraction of sp³-hybridized carbons (Fsp3) is 0.250. The van der Waals surface area contributed by atoms with Gasteiger partial charge in [0.05, 0.1) is 11.7 Å². The van der Waals surface area contributed by atoms with Crippen molar-refractivity contribution < 1.29 is 13.6 Å². The van der Waals surface area contributed by atoms with Crippen molar-refractivity contribution in [2.24, 2.45) is 7.05 Å². The fourth-order valence-electron chi connectivity index (χ4n) is 2.94. The lowest BCUT2D eigenvalue weighted by Crippen LogP contribution is -2.35. The van der Waals surface area contributed by atoms with E-state index in [0.29, 0.717) is 29.6 Å². The van der Waals surface area contributed by atoms with E-state index in [0.717, 1.165) is 6.07 Å². The molecule has 3 aromatic rings. The van der Waals surface area contributed by atoms with Gasteiger partial charge in [-0.3, -0.25) is 4.79 Å². The second-order valence-corrected chi connectivity index (χ2v) is 5.93. The maximum absolute atomic E-state index is 13.4. The molecule has 0 unspecified atom stereocenters. The summed E-state index contributed by atoms with van der Waals surface area (Å²) in [6.45, 7) is 0. The van der Waals surface area contributed by atoms with E-state index >= 15 is 0 Å². The van der Waals surface area contributed by atoms with Crippen molar-refractivity contribution in [2.45, 2.75) is 18.4 Å². The molecule has 1 N–H and O–H groups in total. The molecule has 1 fully saturated rings. The van der Waals surface area contributed by atoms with Crippen LogP contribution in [0.1, 0.15) is 28.8 Å². The van der Waals surface area contributed by atoms with Crippen LogP contribution in [0.4, 0.5) is 8.78 Å². The van der Waals surface area contributed by atoms with Crippen molar-refractivity contribution in [3.05, 3.63) is 59.6 Å². The number of carbonyl (C=O) groups excluding carboxylic acids is 1. The smallest absolute Gasteiger partial charge is 0.257 e. The van der Waals surface area contributed by atoms with Crippen LogP contribution in [0.2, 0.25) is 0 Å². The second kappa shape index (κ2) is 4.65. The lowest BCUT2D eigenvalue weighted by molar-refractivity contribution is 0.0932. The lowest BCUT2D eigenvalue weighted by atomic mass is 10.0. The highest BCUT2D eigenvalue weighted by molar-refractivity contribution is 6.00. The van der Waals surface area contributed by atoms with Gasteiger partial charge in [0.1, 0.15) is 22.8 Å². The van der Waals surface area contributed by atoms with Crippen LogP contribution in [0.3, 0.4) is 0 Å². The number of nitrogens with one attached hydrogen (secondary N) is 1. The number of amides is 1. The summed E-state index contributed by atoms with van der Waals surface area (Å²) >= 11 is 0. The number of aryl methyl sites for hydroxylation is 1. The van der Waals surface area contributed by atoms with E-state index in [1.807, 2.05) is 7.05 Å². The largest absolute Gasteiger partial charge is 0.342 e. The number of imidazole rings is 1. The van der Waals surface area contributed by atoms with Gasteiger partial charge < -0.3 is 9.88 Å². The minimum atomic E-state index is -0.695. The molecule has 1 amide bonds. The Labute approximate surface area is 130 Å². The summed E-state index contributed by atoms with van der Waals surface area (Å²) < 4.78 is 30.3. The topological polar surface area (TPSA) is 51.3 Å². The summed E-state index contributed by atoms with van der Waals surface area (Å²) in [5, 5.41) is 7.04. The van der Waals surface area contributed by atoms with Crippen molar-refractivity contribution >= 4 is 11.6 Å². The molecule has 0 atom stereocenters. The average Bonchev–Trinajstić information content (AvgIpc) is 3.00. The Balaban J connectivity index is 1.67. The first-order chi connectivity index (χ1) is 11.0. The Hall–Kier alpha value is -2.70. The zero-order chi connectivity index (χ0) is 16.2. The molecule has 0 aliphatic heterocycles. The first kappa shape index (κ1) is 13.9. The van der Waals surface area contributed by atoms with Crippen molar-refractivity contribution in [1.29, 1.82) is 0 Å². The van der Waals surface area contributed by atoms with Crippen molar-refractivity contribution in [1.82, 2.24) is 19.5 Å². The fourth-order valence-corrected chi connectivity index (χ4v) is 2.94. The van der Waals surface area contributed by atoms with E-state index in [-0.39, 0.29) is 5.91 Å². The third-order valence-electron chi connectivity index (χ3n) is 4.30. The van der Waals surface area contributed by atoms with Gasteiger partial charge in [0, 0.05) is 25.5 Å². The zero-order valence-electron chi connectivity index (χ0n) is 12.4. The molecule has 0 radical (unpaired) electrons. The molecule has 1 aliphatic carbocycles. The Morgan fingerprint density at radius 3 is 2.57 bits per heavy atom. The van der Waals surface area contributed by atoms with Gasteiger partial charge in [0.15, 0.2) is 0 Å². The molecule has 23 heavy (non-hydrogen) atoms. The van der Waals surface area contributed by atoms with E-state index in [2.05, 4.69) is 10.4 Å². The summed E-state index contributed by atoms with van der Waals surface area (Å²) in [5.41, 5.74) is 0.863. The van der Waals surface area contributed by atoms with Crippen molar-refractivity contribution in [3.63, 3.8) is 0 Å². The minimum absolute atomic E-state index is 0.302. The third kappa shape index (κ3) is 2.19. The molecule has 4 rings (SSSR count). The highest BCUT2D eigenvalue weighted by Crippen LogP contribution is 2.46. The SMILES string of the molecule is Cn1ccn2ncc(C(=O)NC3(c4cc(F)cc(F)c4)CC3)c12. The predicted octanol–water partition coefficient (Wildman–Crippen LogP) is 2.37. The number of benzene rings is 1. The van der Waals surface area contributed by atoms with Crippen LogP contribution in [0.15, 0.2) is 36.8 Å². The average molecular weight is 316 g/mol. The van der Waals surface area contributed by atoms with Crippen LogP contribution >= 0.6 is 0 Å². The Bertz CT molecular complexity index is 903. The monoisotopic (exact) mass is 316 g/mol. The minimum Gasteiger partial charge on any atom is -0.342 e. The third-order valence-corrected chi connectivity index (χ3v) is 4.30. The molecule has 2 aromatic heterocycles. The number of fused-ring (bicyclic) bond motifs is 1. The molecule has 0 saturated heterocycles. The second-order valence-electron chi connectivity index (χ2n) is 5.93. The number of rotatable bonds is 3. The van der Waals surface area contributed by atoms with Crippen LogP contribution in [0.25, 0.3) is 5.65 Å². The van der Waals surface area contributed by atoms with E-state index in [4.69, 9.17) is 0 Å².